The molecule has 0 saturated carbocycles. The molecule has 0 saturated heterocycles. The van der Waals surface area contributed by atoms with Gasteiger partial charge in [-0.05, 0) is 25.7 Å². The zero-order valence-electron chi connectivity index (χ0n) is 27.2. The van der Waals surface area contributed by atoms with Gasteiger partial charge >= 0.3 is 15.9 Å². The Labute approximate surface area is 259 Å². The van der Waals surface area contributed by atoms with E-state index < -0.39 is 47.7 Å². The maximum Gasteiger partial charge on any atom is 0.461 e. The van der Waals surface area contributed by atoms with E-state index in [-0.39, 0.29) is 12.3 Å². The van der Waals surface area contributed by atoms with E-state index in [1.807, 2.05) is 0 Å². The molecule has 0 atom stereocenters. The topological polar surface area (TPSA) is 171 Å². The Morgan fingerprint density at radius 2 is 0.595 bits per heavy atom. The summed E-state index contributed by atoms with van der Waals surface area (Å²) in [5.41, 5.74) is -1.11. The summed E-state index contributed by atoms with van der Waals surface area (Å²) in [7, 11) is -7.35. The first-order valence-corrected chi connectivity index (χ1v) is 20.5. The van der Waals surface area contributed by atoms with Crippen molar-refractivity contribution >= 4 is 15.9 Å². The number of rotatable bonds is 30. The number of aliphatic hydroxyl groups is 4. The molecule has 0 bridgehead atoms. The highest BCUT2D eigenvalue weighted by atomic mass is 31.3. The molecule has 0 unspecified atom stereocenters. The summed E-state index contributed by atoms with van der Waals surface area (Å²) in [5, 5.41) is 34.0. The highest BCUT2D eigenvalue weighted by Crippen LogP contribution is 2.69. The van der Waals surface area contributed by atoms with Crippen LogP contribution in [-0.4, -0.2) is 78.8 Å². The van der Waals surface area contributed by atoms with Gasteiger partial charge in [0.2, 0.25) is 0 Å². The standard InChI is InChI=1S/C26H58O5P2.C5H12O4/c1-3-5-7-9-11-13-15-17-19-21-23-25-32(27,28)31-33(29,30)26-24-22-20-18-16-14-12-10-8-6-4-2;6-1-5(2-7,3-8)4-9/h27-30H,3-26H2,1-2H3;6-9H,1-4H2/q+2;. The van der Waals surface area contributed by atoms with Crippen molar-refractivity contribution in [2.45, 2.75) is 155 Å². The molecule has 256 valence electrons. The highest BCUT2D eigenvalue weighted by molar-refractivity contribution is 7.72. The van der Waals surface area contributed by atoms with Crippen molar-refractivity contribution in [1.82, 2.24) is 0 Å². The van der Waals surface area contributed by atoms with Gasteiger partial charge in [-0.2, -0.15) is 19.6 Å². The Morgan fingerprint density at radius 3 is 0.786 bits per heavy atom. The van der Waals surface area contributed by atoms with E-state index >= 15 is 0 Å². The molecule has 42 heavy (non-hydrogen) atoms. The monoisotopic (exact) mass is 648 g/mol. The van der Waals surface area contributed by atoms with Crippen molar-refractivity contribution in [2.24, 2.45) is 5.41 Å². The molecule has 0 rings (SSSR count). The van der Waals surface area contributed by atoms with Crippen LogP contribution in [0.15, 0.2) is 0 Å². The lowest BCUT2D eigenvalue weighted by atomic mass is 9.93. The Kier molecular flexibility index (Phi) is 32.1. The molecule has 11 heteroatoms. The lowest BCUT2D eigenvalue weighted by molar-refractivity contribution is -0.0328. The minimum atomic E-state index is -3.67. The fourth-order valence-electron chi connectivity index (χ4n) is 4.56. The van der Waals surface area contributed by atoms with Crippen LogP contribution < -0.4 is 0 Å². The van der Waals surface area contributed by atoms with Gasteiger partial charge in [0.25, 0.3) is 0 Å². The van der Waals surface area contributed by atoms with Crippen LogP contribution >= 0.6 is 15.9 Å². The van der Waals surface area contributed by atoms with Crippen molar-refractivity contribution in [1.29, 1.82) is 0 Å². The summed E-state index contributed by atoms with van der Waals surface area (Å²) in [6.07, 6.45) is 26.4. The largest absolute Gasteiger partial charge is 0.461 e. The molecular formula is C31H70O9P2+2. The van der Waals surface area contributed by atoms with Crippen LogP contribution in [0, 0.1) is 5.41 Å². The van der Waals surface area contributed by atoms with Crippen LogP contribution in [0.4, 0.5) is 0 Å². The zero-order valence-corrected chi connectivity index (χ0v) is 29.0. The van der Waals surface area contributed by atoms with Gasteiger partial charge in [-0.1, -0.05) is 129 Å². The summed E-state index contributed by atoms with van der Waals surface area (Å²) in [6.45, 7) is 2.85. The van der Waals surface area contributed by atoms with Gasteiger partial charge in [0.1, 0.15) is 12.3 Å². The second-order valence-electron chi connectivity index (χ2n) is 12.1. The number of hydrogen-bond donors (Lipinski definition) is 8. The molecule has 0 spiro atoms. The van der Waals surface area contributed by atoms with E-state index in [4.69, 9.17) is 24.7 Å². The van der Waals surface area contributed by atoms with Gasteiger partial charge < -0.3 is 20.4 Å². The van der Waals surface area contributed by atoms with Crippen LogP contribution in [0.1, 0.15) is 155 Å². The molecule has 0 fully saturated rings. The maximum atomic E-state index is 10.1. The Balaban J connectivity index is 0. The van der Waals surface area contributed by atoms with E-state index in [1.165, 1.54) is 103 Å². The van der Waals surface area contributed by atoms with Gasteiger partial charge in [-0.25, -0.2) is 0 Å². The Hall–Kier alpha value is 0.500. The van der Waals surface area contributed by atoms with E-state index in [9.17, 15) is 19.6 Å². The van der Waals surface area contributed by atoms with Crippen LogP contribution in [0.2, 0.25) is 0 Å². The van der Waals surface area contributed by atoms with Crippen LogP contribution in [0.25, 0.3) is 0 Å². The second kappa shape index (κ2) is 30.2. The first-order valence-electron chi connectivity index (χ1n) is 16.9. The van der Waals surface area contributed by atoms with Crippen molar-refractivity contribution in [2.75, 3.05) is 38.8 Å². The number of unbranched alkanes of at least 4 members (excludes halogenated alkanes) is 20. The van der Waals surface area contributed by atoms with Crippen molar-refractivity contribution in [3.05, 3.63) is 0 Å². The van der Waals surface area contributed by atoms with Gasteiger partial charge in [0, 0.05) is 4.31 Å². The second-order valence-corrected chi connectivity index (χ2v) is 16.3. The summed E-state index contributed by atoms with van der Waals surface area (Å²) < 4.78 is 5.05. The van der Waals surface area contributed by atoms with Gasteiger partial charge in [0.05, 0.1) is 31.8 Å². The van der Waals surface area contributed by atoms with Crippen molar-refractivity contribution in [3.63, 3.8) is 0 Å². The van der Waals surface area contributed by atoms with E-state index in [0.717, 1.165) is 25.7 Å². The summed E-state index contributed by atoms with van der Waals surface area (Å²) in [6, 6.07) is 0. The predicted octanol–water partition coefficient (Wildman–Crippen LogP) is 7.06. The Morgan fingerprint density at radius 1 is 0.381 bits per heavy atom. The SMILES string of the molecule is CCCCCCCCCCCCC[P+](O)(O)O[P+](O)(O)CCCCCCCCCCCCC.OCC(CO)(CO)CO. The van der Waals surface area contributed by atoms with Crippen molar-refractivity contribution in [3.8, 4) is 0 Å². The normalized spacial score (nSPS) is 12.4. The fourth-order valence-corrected chi connectivity index (χ4v) is 8.15. The van der Waals surface area contributed by atoms with E-state index in [1.54, 1.807) is 0 Å². The van der Waals surface area contributed by atoms with Gasteiger partial charge in [0.15, 0.2) is 0 Å². The fraction of sp³-hybridized carbons (Fsp3) is 1.00. The Bertz CT molecular complexity index is 497. The quantitative estimate of drug-likeness (QED) is 0.0300. The predicted molar refractivity (Wildman–Crippen MR) is 177 cm³/mol. The third kappa shape index (κ3) is 29.2. The lowest BCUT2D eigenvalue weighted by Gasteiger charge is -2.23. The van der Waals surface area contributed by atoms with Crippen molar-refractivity contribution < 1.29 is 44.3 Å². The first-order chi connectivity index (χ1) is 20.1. The summed E-state index contributed by atoms with van der Waals surface area (Å²) >= 11 is 0. The first kappa shape index (κ1) is 44.6. The van der Waals surface area contributed by atoms with Crippen LogP contribution in [0.3, 0.4) is 0 Å². The molecule has 0 radical (unpaired) electrons. The minimum Gasteiger partial charge on any atom is -0.396 e. The number of aliphatic hydroxyl groups excluding tert-OH is 4. The average molecular weight is 649 g/mol. The van der Waals surface area contributed by atoms with Gasteiger partial charge in [-0.15, -0.1) is 0 Å². The molecule has 0 aromatic carbocycles. The molecule has 9 nitrogen and oxygen atoms in total. The smallest absolute Gasteiger partial charge is 0.396 e. The molecule has 0 aliphatic carbocycles. The maximum absolute atomic E-state index is 10.1. The van der Waals surface area contributed by atoms with Crippen LogP contribution in [0.5, 0.6) is 0 Å². The lowest BCUT2D eigenvalue weighted by Crippen LogP contribution is -2.37. The molecule has 0 aromatic rings. The minimum absolute atomic E-state index is 0.130. The van der Waals surface area contributed by atoms with Gasteiger partial charge in [-0.3, -0.25) is 0 Å². The molecule has 0 amide bonds. The zero-order chi connectivity index (χ0) is 32.0. The third-order valence-electron chi connectivity index (χ3n) is 7.71. The third-order valence-corrected chi connectivity index (χ3v) is 11.6. The van der Waals surface area contributed by atoms with E-state index in [0.29, 0.717) is 12.8 Å². The highest BCUT2D eigenvalue weighted by Gasteiger charge is 2.53. The molecular weight excluding hydrogens is 578 g/mol. The molecule has 0 aliphatic rings. The molecule has 0 aliphatic heterocycles. The summed E-state index contributed by atoms with van der Waals surface area (Å²) in [4.78, 5) is 40.5. The molecule has 0 heterocycles. The van der Waals surface area contributed by atoms with Crippen LogP contribution in [-0.2, 0) is 4.31 Å². The number of hydrogen-bond acceptors (Lipinski definition) is 9. The molecule has 8 N–H and O–H groups in total. The van der Waals surface area contributed by atoms with E-state index in [2.05, 4.69) is 13.8 Å². The molecule has 0 aromatic heterocycles. The average Bonchev–Trinajstić information content (AvgIpc) is 2.96. The summed E-state index contributed by atoms with van der Waals surface area (Å²) in [5.74, 6) is 0.